The first-order valence-corrected chi connectivity index (χ1v) is 8.73. The number of carbonyl (C=O) groups is 1. The van der Waals surface area contributed by atoms with Crippen LogP contribution in [-0.4, -0.2) is 83.8 Å². The monoisotopic (exact) mass is 332 g/mol. The zero-order chi connectivity index (χ0) is 16.5. The van der Waals surface area contributed by atoms with E-state index in [1.807, 2.05) is 6.07 Å². The highest BCUT2D eigenvalue weighted by Gasteiger charge is 2.35. The fourth-order valence-electron chi connectivity index (χ4n) is 3.72. The molecule has 3 aliphatic heterocycles. The summed E-state index contributed by atoms with van der Waals surface area (Å²) in [5, 5.41) is 12.6. The number of aromatic nitrogens is 2. The number of rotatable bonds is 2. The maximum absolute atomic E-state index is 12.1. The molecule has 1 amide bonds. The topological polar surface area (TPSA) is 84.8 Å². The van der Waals surface area contributed by atoms with E-state index in [-0.39, 0.29) is 18.1 Å². The minimum Gasteiger partial charge on any atom is -0.393 e. The maximum Gasteiger partial charge on any atom is 0.239 e. The van der Waals surface area contributed by atoms with Gasteiger partial charge in [0.05, 0.1) is 6.10 Å². The molecule has 1 unspecified atom stereocenters. The Morgan fingerprint density at radius 2 is 1.96 bits per heavy atom. The van der Waals surface area contributed by atoms with Crippen molar-refractivity contribution in [2.45, 2.75) is 25.0 Å². The number of hydrogen-bond acceptors (Lipinski definition) is 7. The Balaban J connectivity index is 1.48. The Hall–Kier alpha value is -1.93. The number of nitrogens with one attached hydrogen (secondary N) is 1. The molecule has 2 N–H and O–H groups in total. The van der Waals surface area contributed by atoms with Crippen LogP contribution in [0.25, 0.3) is 0 Å². The quantitative estimate of drug-likeness (QED) is 0.723. The lowest BCUT2D eigenvalue weighted by molar-refractivity contribution is -0.129. The molecule has 3 fully saturated rings. The van der Waals surface area contributed by atoms with E-state index < -0.39 is 0 Å². The fraction of sp³-hybridized carbons (Fsp3) is 0.688. The van der Waals surface area contributed by atoms with Gasteiger partial charge in [0.2, 0.25) is 11.9 Å². The summed E-state index contributed by atoms with van der Waals surface area (Å²) in [5.41, 5.74) is 0. The van der Waals surface area contributed by atoms with Crippen LogP contribution in [0.15, 0.2) is 12.3 Å². The molecular formula is C16H24N6O2. The second kappa shape index (κ2) is 6.52. The SMILES string of the molecule is O=C1NCCN2CCN(c3nccc(N4CCC(O)CC4)n3)CC12. The molecule has 1 aromatic heterocycles. The lowest BCUT2D eigenvalue weighted by atomic mass is 10.1. The molecule has 8 heteroatoms. The minimum absolute atomic E-state index is 0.104. The molecular weight excluding hydrogens is 308 g/mol. The molecule has 0 aromatic carbocycles. The van der Waals surface area contributed by atoms with Crippen molar-refractivity contribution in [3.8, 4) is 0 Å². The molecule has 1 atom stereocenters. The van der Waals surface area contributed by atoms with Gasteiger partial charge in [-0.05, 0) is 18.9 Å². The number of aliphatic hydroxyl groups excluding tert-OH is 1. The predicted molar refractivity (Wildman–Crippen MR) is 90.1 cm³/mol. The van der Waals surface area contributed by atoms with Gasteiger partial charge in [0.1, 0.15) is 11.9 Å². The standard InChI is InChI=1S/C16H24N6O2/c23-12-2-6-21(7-3-12)14-1-4-18-16(19-14)22-10-9-20-8-5-17-15(24)13(20)11-22/h1,4,12-13,23H,2-3,5-11H2,(H,17,24). The van der Waals surface area contributed by atoms with Gasteiger partial charge in [0.25, 0.3) is 0 Å². The number of aliphatic hydroxyl groups is 1. The normalized spacial score (nSPS) is 26.2. The van der Waals surface area contributed by atoms with Gasteiger partial charge in [-0.3, -0.25) is 9.69 Å². The fourth-order valence-corrected chi connectivity index (χ4v) is 3.72. The molecule has 8 nitrogen and oxygen atoms in total. The van der Waals surface area contributed by atoms with E-state index in [4.69, 9.17) is 4.98 Å². The van der Waals surface area contributed by atoms with Crippen molar-refractivity contribution in [2.24, 2.45) is 0 Å². The molecule has 24 heavy (non-hydrogen) atoms. The minimum atomic E-state index is -0.194. The van der Waals surface area contributed by atoms with Crippen LogP contribution in [-0.2, 0) is 4.79 Å². The van der Waals surface area contributed by atoms with Crippen LogP contribution in [0, 0.1) is 0 Å². The summed E-state index contributed by atoms with van der Waals surface area (Å²) in [6, 6.07) is 1.81. The van der Waals surface area contributed by atoms with Crippen molar-refractivity contribution in [3.05, 3.63) is 12.3 Å². The Bertz CT molecular complexity index is 604. The number of nitrogens with zero attached hydrogens (tertiary/aromatic N) is 5. The van der Waals surface area contributed by atoms with Gasteiger partial charge < -0.3 is 20.2 Å². The second-order valence-electron chi connectivity index (χ2n) is 6.72. The van der Waals surface area contributed by atoms with Crippen LogP contribution < -0.4 is 15.1 Å². The third-order valence-corrected chi connectivity index (χ3v) is 5.19. The summed E-state index contributed by atoms with van der Waals surface area (Å²) in [5.74, 6) is 1.70. The first-order valence-electron chi connectivity index (χ1n) is 8.73. The Labute approximate surface area is 141 Å². The average molecular weight is 332 g/mol. The van der Waals surface area contributed by atoms with E-state index in [0.29, 0.717) is 12.5 Å². The number of amides is 1. The zero-order valence-corrected chi connectivity index (χ0v) is 13.8. The number of fused-ring (bicyclic) bond motifs is 1. The Morgan fingerprint density at radius 3 is 2.79 bits per heavy atom. The number of piperidine rings is 1. The largest absolute Gasteiger partial charge is 0.393 e. The van der Waals surface area contributed by atoms with Crippen molar-refractivity contribution in [1.29, 1.82) is 0 Å². The summed E-state index contributed by atoms with van der Waals surface area (Å²) in [4.78, 5) is 27.8. The number of piperazine rings is 2. The van der Waals surface area contributed by atoms with Gasteiger partial charge in [-0.25, -0.2) is 4.98 Å². The van der Waals surface area contributed by atoms with E-state index in [0.717, 1.165) is 57.9 Å². The van der Waals surface area contributed by atoms with Crippen LogP contribution >= 0.6 is 0 Å². The highest BCUT2D eigenvalue weighted by molar-refractivity contribution is 5.83. The summed E-state index contributed by atoms with van der Waals surface area (Å²) in [6.45, 7) is 5.62. The van der Waals surface area contributed by atoms with Crippen molar-refractivity contribution in [1.82, 2.24) is 20.2 Å². The van der Waals surface area contributed by atoms with Crippen molar-refractivity contribution >= 4 is 17.7 Å². The van der Waals surface area contributed by atoms with Gasteiger partial charge in [0.15, 0.2) is 0 Å². The van der Waals surface area contributed by atoms with E-state index in [1.165, 1.54) is 0 Å². The second-order valence-corrected chi connectivity index (χ2v) is 6.72. The van der Waals surface area contributed by atoms with Gasteiger partial charge in [-0.2, -0.15) is 4.98 Å². The molecule has 0 spiro atoms. The van der Waals surface area contributed by atoms with E-state index in [9.17, 15) is 9.90 Å². The smallest absolute Gasteiger partial charge is 0.239 e. The molecule has 4 heterocycles. The average Bonchev–Trinajstić information content (AvgIpc) is 2.63. The summed E-state index contributed by atoms with van der Waals surface area (Å²) in [7, 11) is 0. The zero-order valence-electron chi connectivity index (χ0n) is 13.8. The van der Waals surface area contributed by atoms with E-state index >= 15 is 0 Å². The van der Waals surface area contributed by atoms with Gasteiger partial charge in [-0.15, -0.1) is 0 Å². The number of carbonyl (C=O) groups excluding carboxylic acids is 1. The van der Waals surface area contributed by atoms with Crippen molar-refractivity contribution < 1.29 is 9.90 Å². The van der Waals surface area contributed by atoms with Crippen LogP contribution in [0.4, 0.5) is 11.8 Å². The summed E-state index contributed by atoms with van der Waals surface area (Å²) in [6.07, 6.45) is 3.15. The lowest BCUT2D eigenvalue weighted by Crippen LogP contribution is -2.64. The Kier molecular flexibility index (Phi) is 4.24. The third kappa shape index (κ3) is 3.03. The maximum atomic E-state index is 12.1. The van der Waals surface area contributed by atoms with Crippen molar-refractivity contribution in [3.63, 3.8) is 0 Å². The molecule has 3 saturated heterocycles. The third-order valence-electron chi connectivity index (χ3n) is 5.19. The molecule has 0 radical (unpaired) electrons. The predicted octanol–water partition coefficient (Wildman–Crippen LogP) is -0.942. The van der Waals surface area contributed by atoms with Crippen LogP contribution in [0.2, 0.25) is 0 Å². The number of hydrogen-bond donors (Lipinski definition) is 2. The molecule has 3 aliphatic rings. The highest BCUT2D eigenvalue weighted by atomic mass is 16.3. The molecule has 1 aromatic rings. The van der Waals surface area contributed by atoms with E-state index in [1.54, 1.807) is 6.20 Å². The molecule has 0 bridgehead atoms. The Morgan fingerprint density at radius 1 is 1.12 bits per heavy atom. The van der Waals surface area contributed by atoms with Gasteiger partial charge in [0, 0.05) is 52.0 Å². The molecule has 0 saturated carbocycles. The summed E-state index contributed by atoms with van der Waals surface area (Å²) < 4.78 is 0. The lowest BCUT2D eigenvalue weighted by Gasteiger charge is -2.43. The number of anilines is 2. The van der Waals surface area contributed by atoms with E-state index in [2.05, 4.69) is 25.0 Å². The van der Waals surface area contributed by atoms with Gasteiger partial charge >= 0.3 is 0 Å². The molecule has 0 aliphatic carbocycles. The van der Waals surface area contributed by atoms with Crippen LogP contribution in [0.3, 0.4) is 0 Å². The highest BCUT2D eigenvalue weighted by Crippen LogP contribution is 2.22. The first kappa shape index (κ1) is 15.6. The molecule has 4 rings (SSSR count). The van der Waals surface area contributed by atoms with Gasteiger partial charge in [-0.1, -0.05) is 0 Å². The molecule has 130 valence electrons. The van der Waals surface area contributed by atoms with Crippen LogP contribution in [0.5, 0.6) is 0 Å². The van der Waals surface area contributed by atoms with Crippen molar-refractivity contribution in [2.75, 3.05) is 55.6 Å². The first-order chi connectivity index (χ1) is 11.7. The summed E-state index contributed by atoms with van der Waals surface area (Å²) >= 11 is 0. The van der Waals surface area contributed by atoms with Crippen LogP contribution in [0.1, 0.15) is 12.8 Å².